The zero-order valence-corrected chi connectivity index (χ0v) is 26.4. The van der Waals surface area contributed by atoms with Crippen molar-refractivity contribution < 1.29 is 24.0 Å². The van der Waals surface area contributed by atoms with Gasteiger partial charge in [0.05, 0.1) is 0 Å². The quantitative estimate of drug-likeness (QED) is 0.335. The molecule has 0 aromatic rings. The van der Waals surface area contributed by atoms with Crippen LogP contribution in [0.3, 0.4) is 0 Å². The highest BCUT2D eigenvalue weighted by Gasteiger charge is 2.33. The number of carbonyl (C=O) groups excluding carboxylic acids is 5. The molecule has 0 N–H and O–H groups in total. The third kappa shape index (κ3) is 10.7. The van der Waals surface area contributed by atoms with Crippen molar-refractivity contribution in [2.75, 3.05) is 67.5 Å². The summed E-state index contributed by atoms with van der Waals surface area (Å²) in [6.07, 6.45) is 12.1. The van der Waals surface area contributed by atoms with Gasteiger partial charge in [0.25, 0.3) is 23.6 Å². The highest BCUT2D eigenvalue weighted by molar-refractivity contribution is 6.13. The van der Waals surface area contributed by atoms with Crippen molar-refractivity contribution in [1.29, 1.82) is 0 Å². The van der Waals surface area contributed by atoms with E-state index in [2.05, 4.69) is 48.5 Å². The van der Waals surface area contributed by atoms with Crippen molar-refractivity contribution in [2.45, 2.75) is 56.7 Å². The predicted molar refractivity (Wildman–Crippen MR) is 168 cm³/mol. The molecule has 238 valence electrons. The van der Waals surface area contributed by atoms with Crippen LogP contribution in [0.5, 0.6) is 0 Å². The van der Waals surface area contributed by atoms with Crippen LogP contribution in [0.25, 0.3) is 0 Å². The van der Waals surface area contributed by atoms with Gasteiger partial charge in [-0.25, -0.2) is 0 Å². The van der Waals surface area contributed by atoms with Gasteiger partial charge in [-0.2, -0.15) is 0 Å². The summed E-state index contributed by atoms with van der Waals surface area (Å²) >= 11 is 0. The van der Waals surface area contributed by atoms with Gasteiger partial charge in [-0.1, -0.05) is 19.7 Å². The number of nitrogens with zero attached hydrogens (tertiary/aromatic N) is 6. The van der Waals surface area contributed by atoms with Crippen LogP contribution < -0.4 is 0 Å². The Morgan fingerprint density at radius 3 is 1.37 bits per heavy atom. The number of amides is 5. The molecule has 3 fully saturated rings. The first-order valence-corrected chi connectivity index (χ1v) is 15.1. The average molecular weight is 599 g/mol. The number of hydrogen-bond acceptors (Lipinski definition) is 8. The van der Waals surface area contributed by atoms with Crippen LogP contribution >= 0.6 is 0 Å². The summed E-state index contributed by atoms with van der Waals surface area (Å²) in [5, 5.41) is 0. The summed E-state index contributed by atoms with van der Waals surface area (Å²) in [5.74, 6) is -0.928. The molecular weight excluding hydrogens is 548 g/mol. The maximum Gasteiger partial charge on any atom is 0.253 e. The van der Waals surface area contributed by atoms with E-state index < -0.39 is 0 Å². The van der Waals surface area contributed by atoms with Crippen LogP contribution in [0.2, 0.25) is 0 Å². The molecule has 0 unspecified atom stereocenters. The van der Waals surface area contributed by atoms with Crippen molar-refractivity contribution >= 4 is 29.5 Å². The van der Waals surface area contributed by atoms with E-state index in [-0.39, 0.29) is 41.6 Å². The van der Waals surface area contributed by atoms with Crippen molar-refractivity contribution in [3.63, 3.8) is 0 Å². The van der Waals surface area contributed by atoms with Gasteiger partial charge in [-0.15, -0.1) is 0 Å². The molecule has 4 rings (SSSR count). The van der Waals surface area contributed by atoms with E-state index in [4.69, 9.17) is 0 Å². The van der Waals surface area contributed by atoms with Gasteiger partial charge in [0.15, 0.2) is 0 Å². The van der Waals surface area contributed by atoms with E-state index in [1.165, 1.54) is 40.2 Å². The first-order chi connectivity index (χ1) is 20.4. The first-order valence-electron chi connectivity index (χ1n) is 15.1. The molecule has 4 heterocycles. The molecule has 0 aromatic carbocycles. The maximum atomic E-state index is 11.6. The molecule has 0 bridgehead atoms. The number of piperidine rings is 3. The van der Waals surface area contributed by atoms with Crippen LogP contribution in [0.15, 0.2) is 50.1 Å². The smallest absolute Gasteiger partial charge is 0.253 e. The first kappa shape index (κ1) is 35.8. The molecule has 0 aromatic heterocycles. The summed E-state index contributed by atoms with van der Waals surface area (Å²) in [6, 6.07) is 0.495. The normalized spacial score (nSPS) is 20.8. The summed E-state index contributed by atoms with van der Waals surface area (Å²) in [7, 11) is 8.07. The fourth-order valence-electron chi connectivity index (χ4n) is 5.65. The summed E-state index contributed by atoms with van der Waals surface area (Å²) in [5.41, 5.74) is 0. The zero-order valence-electron chi connectivity index (χ0n) is 26.4. The minimum absolute atomic E-state index is 0.0211. The fourth-order valence-corrected chi connectivity index (χ4v) is 5.65. The molecule has 11 nitrogen and oxygen atoms in total. The van der Waals surface area contributed by atoms with E-state index >= 15 is 0 Å². The number of rotatable bonds is 6. The minimum atomic E-state index is -0.334. The highest BCUT2D eigenvalue weighted by atomic mass is 16.2. The maximum absolute atomic E-state index is 11.6. The summed E-state index contributed by atoms with van der Waals surface area (Å²) in [4.78, 5) is 68.4. The van der Waals surface area contributed by atoms with Gasteiger partial charge in [0.1, 0.15) is 0 Å². The number of imide groups is 2. The van der Waals surface area contributed by atoms with Gasteiger partial charge in [-0.3, -0.25) is 33.8 Å². The van der Waals surface area contributed by atoms with Crippen LogP contribution in [0.1, 0.15) is 38.5 Å². The van der Waals surface area contributed by atoms with Crippen LogP contribution in [-0.4, -0.2) is 145 Å². The zero-order chi connectivity index (χ0) is 32.1. The molecule has 43 heavy (non-hydrogen) atoms. The number of likely N-dealkylation sites (tertiary alicyclic amines) is 3. The monoisotopic (exact) mass is 598 g/mol. The molecule has 0 atom stereocenters. The standard InChI is InChI=1S/C12H18N2O2.C10H14N2O2.C10H18N2O/c1-4-11(15)14(12(16)5-2)10-6-8-13(3)9-7-10;1-11-6-4-8(5-7-11)12-9(13)2-3-10(12)14;1-4-10(13)12(3)9-5-7-11(2)8-6-9/h4-5,10H,1-2,6-9H2,3H3;2-3,8H,4-7H2,1H3;4,9H,1,5-8H2,2-3H3. The van der Waals surface area contributed by atoms with E-state index in [0.29, 0.717) is 6.04 Å². The number of hydrogen-bond donors (Lipinski definition) is 0. The third-order valence-electron chi connectivity index (χ3n) is 8.53. The molecule has 5 amide bonds. The van der Waals surface area contributed by atoms with Gasteiger partial charge in [0, 0.05) is 37.3 Å². The Balaban J connectivity index is 0.000000226. The topological polar surface area (TPSA) is 105 Å². The lowest BCUT2D eigenvalue weighted by molar-refractivity contribution is -0.143. The van der Waals surface area contributed by atoms with E-state index in [1.54, 1.807) is 4.90 Å². The van der Waals surface area contributed by atoms with E-state index in [0.717, 1.165) is 77.8 Å². The average Bonchev–Trinajstić information content (AvgIpc) is 3.35. The van der Waals surface area contributed by atoms with Crippen molar-refractivity contribution in [2.24, 2.45) is 0 Å². The van der Waals surface area contributed by atoms with Crippen LogP contribution in [-0.2, 0) is 24.0 Å². The Morgan fingerprint density at radius 1 is 0.651 bits per heavy atom. The van der Waals surface area contributed by atoms with Gasteiger partial charge in [0.2, 0.25) is 5.91 Å². The predicted octanol–water partition coefficient (Wildman–Crippen LogP) is 1.54. The molecule has 0 aliphatic carbocycles. The van der Waals surface area contributed by atoms with Crippen LogP contribution in [0.4, 0.5) is 0 Å². The van der Waals surface area contributed by atoms with Crippen LogP contribution in [0, 0.1) is 0 Å². The molecular formula is C32H50N6O5. The lowest BCUT2D eigenvalue weighted by Gasteiger charge is -2.35. The molecule has 11 heteroatoms. The highest BCUT2D eigenvalue weighted by Crippen LogP contribution is 2.19. The molecule has 0 saturated carbocycles. The molecule has 3 saturated heterocycles. The van der Waals surface area contributed by atoms with E-state index in [1.807, 2.05) is 14.1 Å². The summed E-state index contributed by atoms with van der Waals surface area (Å²) < 4.78 is 0. The number of carbonyl (C=O) groups is 5. The lowest BCUT2D eigenvalue weighted by atomic mass is 10.0. The van der Waals surface area contributed by atoms with Gasteiger partial charge in [-0.05, 0) is 117 Å². The van der Waals surface area contributed by atoms with Crippen molar-refractivity contribution in [3.8, 4) is 0 Å². The molecule has 4 aliphatic rings. The molecule has 0 spiro atoms. The van der Waals surface area contributed by atoms with E-state index in [9.17, 15) is 24.0 Å². The largest absolute Gasteiger partial charge is 0.339 e. The molecule has 0 radical (unpaired) electrons. The second kappa shape index (κ2) is 17.6. The Labute approximate surface area is 257 Å². The Bertz CT molecular complexity index is 1010. The number of likely N-dealkylation sites (N-methyl/N-ethyl adjacent to an activating group) is 1. The molecule has 4 aliphatic heterocycles. The van der Waals surface area contributed by atoms with Gasteiger partial charge >= 0.3 is 0 Å². The Kier molecular flexibility index (Phi) is 14.7. The minimum Gasteiger partial charge on any atom is -0.339 e. The fraction of sp³-hybridized carbons (Fsp3) is 0.594. The lowest BCUT2D eigenvalue weighted by Crippen LogP contribution is -2.48. The van der Waals surface area contributed by atoms with Crippen molar-refractivity contribution in [3.05, 3.63) is 50.1 Å². The second-order valence-corrected chi connectivity index (χ2v) is 11.6. The third-order valence-corrected chi connectivity index (χ3v) is 8.53. The SMILES string of the molecule is C=CC(=O)N(C(=O)C=C)C1CCN(C)CC1.C=CC(=O)N(C)C1CCN(C)CC1.CN1CCC(N2C(=O)C=CC2=O)CC1. The van der Waals surface area contributed by atoms with Crippen molar-refractivity contribution in [1.82, 2.24) is 29.4 Å². The van der Waals surface area contributed by atoms with Gasteiger partial charge < -0.3 is 19.6 Å². The summed E-state index contributed by atoms with van der Waals surface area (Å²) in [6.45, 7) is 16.2. The Morgan fingerprint density at radius 2 is 1.00 bits per heavy atom. The second-order valence-electron chi connectivity index (χ2n) is 11.6. The Hall–Kier alpha value is -3.41.